The van der Waals surface area contributed by atoms with E-state index in [-0.39, 0.29) is 11.4 Å². The van der Waals surface area contributed by atoms with Gasteiger partial charge in [-0.3, -0.25) is 9.69 Å². The predicted octanol–water partition coefficient (Wildman–Crippen LogP) is 3.22. The van der Waals surface area contributed by atoms with Crippen molar-refractivity contribution in [1.82, 2.24) is 10.2 Å². The van der Waals surface area contributed by atoms with Crippen molar-refractivity contribution in [3.8, 4) is 5.75 Å². The Morgan fingerprint density at radius 2 is 1.93 bits per heavy atom. The van der Waals surface area contributed by atoms with Crippen molar-refractivity contribution >= 4 is 5.91 Å². The normalized spacial score (nSPS) is 20.2. The summed E-state index contributed by atoms with van der Waals surface area (Å²) in [6, 6.07) is 6.16. The molecular formula is C22H34N2O3. The topological polar surface area (TPSA) is 50.8 Å². The molecule has 1 aromatic rings. The van der Waals surface area contributed by atoms with Gasteiger partial charge >= 0.3 is 0 Å². The van der Waals surface area contributed by atoms with Crippen LogP contribution in [-0.2, 0) is 9.53 Å². The molecule has 1 saturated carbocycles. The Bertz CT molecular complexity index is 620. The van der Waals surface area contributed by atoms with E-state index in [4.69, 9.17) is 9.47 Å². The first-order valence-electron chi connectivity index (χ1n) is 10.4. The van der Waals surface area contributed by atoms with Crippen molar-refractivity contribution < 1.29 is 14.3 Å². The standard InChI is InChI=1S/C22H34N2O3/c1-18-6-7-19(2)20(16-18)27-13-8-21(25)23-17-22(9-4-3-5-10-22)24-11-14-26-15-12-24/h6-7,16H,3-5,8-15,17H2,1-2H3,(H,23,25). The highest BCUT2D eigenvalue weighted by Crippen LogP contribution is 2.33. The Morgan fingerprint density at radius 1 is 1.19 bits per heavy atom. The first-order valence-corrected chi connectivity index (χ1v) is 10.4. The summed E-state index contributed by atoms with van der Waals surface area (Å²) in [5.74, 6) is 0.957. The van der Waals surface area contributed by atoms with Crippen LogP contribution in [0.25, 0.3) is 0 Å². The van der Waals surface area contributed by atoms with Crippen molar-refractivity contribution in [3.63, 3.8) is 0 Å². The van der Waals surface area contributed by atoms with E-state index in [1.807, 2.05) is 19.9 Å². The van der Waals surface area contributed by atoms with Crippen LogP contribution in [0, 0.1) is 13.8 Å². The molecule has 0 bridgehead atoms. The fourth-order valence-electron chi connectivity index (χ4n) is 4.32. The third-order valence-electron chi connectivity index (χ3n) is 6.01. The number of hydrogen-bond donors (Lipinski definition) is 1. The number of aryl methyl sites for hydroxylation is 2. The minimum absolute atomic E-state index is 0.0820. The third kappa shape index (κ3) is 5.45. The van der Waals surface area contributed by atoms with Gasteiger partial charge in [0.2, 0.25) is 5.91 Å². The largest absolute Gasteiger partial charge is 0.493 e. The van der Waals surface area contributed by atoms with Crippen LogP contribution in [0.15, 0.2) is 18.2 Å². The molecule has 3 rings (SSSR count). The van der Waals surface area contributed by atoms with Crippen LogP contribution >= 0.6 is 0 Å². The lowest BCUT2D eigenvalue weighted by Gasteiger charge is -2.48. The Labute approximate surface area is 163 Å². The quantitative estimate of drug-likeness (QED) is 0.796. The SMILES string of the molecule is Cc1ccc(C)c(OCCC(=O)NCC2(N3CCOCC3)CCCCC2)c1. The summed E-state index contributed by atoms with van der Waals surface area (Å²) in [6.45, 7) is 8.81. The molecule has 2 fully saturated rings. The van der Waals surface area contributed by atoms with Gasteiger partial charge in [0.05, 0.1) is 26.2 Å². The van der Waals surface area contributed by atoms with E-state index >= 15 is 0 Å². The van der Waals surface area contributed by atoms with Crippen LogP contribution in [0.1, 0.15) is 49.7 Å². The molecule has 1 heterocycles. The van der Waals surface area contributed by atoms with Gasteiger partial charge < -0.3 is 14.8 Å². The monoisotopic (exact) mass is 374 g/mol. The van der Waals surface area contributed by atoms with Crippen LogP contribution in [0.2, 0.25) is 0 Å². The summed E-state index contributed by atoms with van der Waals surface area (Å²) in [4.78, 5) is 15.0. The minimum atomic E-state index is 0.0820. The van der Waals surface area contributed by atoms with E-state index in [1.54, 1.807) is 0 Å². The number of morpholine rings is 1. The molecule has 1 aliphatic heterocycles. The van der Waals surface area contributed by atoms with Crippen molar-refractivity contribution in [2.45, 2.75) is 57.9 Å². The Morgan fingerprint density at radius 3 is 2.67 bits per heavy atom. The molecule has 0 spiro atoms. The average Bonchev–Trinajstić information content (AvgIpc) is 2.70. The van der Waals surface area contributed by atoms with E-state index in [9.17, 15) is 4.79 Å². The van der Waals surface area contributed by atoms with Gasteiger partial charge in [-0.05, 0) is 43.9 Å². The number of nitrogens with zero attached hydrogens (tertiary/aromatic N) is 1. The zero-order valence-corrected chi connectivity index (χ0v) is 16.9. The van der Waals surface area contributed by atoms with Crippen LogP contribution < -0.4 is 10.1 Å². The summed E-state index contributed by atoms with van der Waals surface area (Å²) >= 11 is 0. The second-order valence-corrected chi connectivity index (χ2v) is 8.03. The lowest BCUT2D eigenvalue weighted by atomic mass is 9.79. The number of carbonyl (C=O) groups excluding carboxylic acids is 1. The van der Waals surface area contributed by atoms with Crippen LogP contribution in [0.3, 0.4) is 0 Å². The maximum atomic E-state index is 12.4. The third-order valence-corrected chi connectivity index (χ3v) is 6.01. The van der Waals surface area contributed by atoms with Gasteiger partial charge in [-0.2, -0.15) is 0 Å². The van der Waals surface area contributed by atoms with E-state index in [1.165, 1.54) is 37.7 Å². The van der Waals surface area contributed by atoms with Gasteiger partial charge in [0.15, 0.2) is 0 Å². The molecule has 27 heavy (non-hydrogen) atoms. The average molecular weight is 375 g/mol. The smallest absolute Gasteiger partial charge is 0.223 e. The van der Waals surface area contributed by atoms with Crippen molar-refractivity contribution in [3.05, 3.63) is 29.3 Å². The zero-order valence-electron chi connectivity index (χ0n) is 16.9. The first kappa shape index (κ1) is 20.2. The Kier molecular flexibility index (Phi) is 7.13. The summed E-state index contributed by atoms with van der Waals surface area (Å²) < 4.78 is 11.4. The fraction of sp³-hybridized carbons (Fsp3) is 0.682. The first-order chi connectivity index (χ1) is 13.1. The lowest BCUT2D eigenvalue weighted by Crippen LogP contribution is -2.59. The van der Waals surface area contributed by atoms with E-state index in [2.05, 4.69) is 22.3 Å². The summed E-state index contributed by atoms with van der Waals surface area (Å²) in [7, 11) is 0. The molecule has 0 radical (unpaired) electrons. The highest BCUT2D eigenvalue weighted by atomic mass is 16.5. The number of hydrogen-bond acceptors (Lipinski definition) is 4. The fourth-order valence-corrected chi connectivity index (χ4v) is 4.32. The molecule has 1 saturated heterocycles. The summed E-state index contributed by atoms with van der Waals surface area (Å²) in [6.07, 6.45) is 6.56. The van der Waals surface area contributed by atoms with E-state index < -0.39 is 0 Å². The number of rotatable bonds is 7. The number of ether oxygens (including phenoxy) is 2. The highest BCUT2D eigenvalue weighted by molar-refractivity contribution is 5.76. The molecule has 5 heteroatoms. The van der Waals surface area contributed by atoms with Gasteiger partial charge in [-0.25, -0.2) is 0 Å². The lowest BCUT2D eigenvalue weighted by molar-refractivity contribution is -0.122. The molecular weight excluding hydrogens is 340 g/mol. The number of benzene rings is 1. The molecule has 150 valence electrons. The maximum Gasteiger partial charge on any atom is 0.223 e. The second-order valence-electron chi connectivity index (χ2n) is 8.03. The number of nitrogens with one attached hydrogen (secondary N) is 1. The molecule has 1 aromatic carbocycles. The Balaban J connectivity index is 1.48. The van der Waals surface area contributed by atoms with Gasteiger partial charge in [0.1, 0.15) is 5.75 Å². The van der Waals surface area contributed by atoms with Crippen LogP contribution in [-0.4, -0.2) is 55.8 Å². The molecule has 1 N–H and O–H groups in total. The van der Waals surface area contributed by atoms with Crippen molar-refractivity contribution in [2.75, 3.05) is 39.5 Å². The zero-order chi connectivity index (χ0) is 19.1. The molecule has 1 aliphatic carbocycles. The van der Waals surface area contributed by atoms with Crippen molar-refractivity contribution in [1.29, 1.82) is 0 Å². The van der Waals surface area contributed by atoms with Gasteiger partial charge in [-0.1, -0.05) is 31.4 Å². The Hall–Kier alpha value is -1.59. The van der Waals surface area contributed by atoms with Gasteiger partial charge in [0, 0.05) is 25.2 Å². The maximum absolute atomic E-state index is 12.4. The molecule has 5 nitrogen and oxygen atoms in total. The molecule has 0 aromatic heterocycles. The van der Waals surface area contributed by atoms with E-state index in [0.29, 0.717) is 13.0 Å². The number of amides is 1. The molecule has 0 atom stereocenters. The van der Waals surface area contributed by atoms with E-state index in [0.717, 1.165) is 44.2 Å². The summed E-state index contributed by atoms with van der Waals surface area (Å²) in [5.41, 5.74) is 2.39. The molecule has 0 unspecified atom stereocenters. The second kappa shape index (κ2) is 9.56. The molecule has 1 amide bonds. The number of carbonyl (C=O) groups is 1. The molecule has 2 aliphatic rings. The van der Waals surface area contributed by atoms with Crippen LogP contribution in [0.4, 0.5) is 0 Å². The van der Waals surface area contributed by atoms with Gasteiger partial charge in [0.25, 0.3) is 0 Å². The highest BCUT2D eigenvalue weighted by Gasteiger charge is 2.38. The predicted molar refractivity (Wildman–Crippen MR) is 107 cm³/mol. The van der Waals surface area contributed by atoms with Crippen LogP contribution in [0.5, 0.6) is 5.75 Å². The van der Waals surface area contributed by atoms with Gasteiger partial charge in [-0.15, -0.1) is 0 Å². The minimum Gasteiger partial charge on any atom is -0.493 e. The summed E-state index contributed by atoms with van der Waals surface area (Å²) in [5, 5.41) is 3.20. The van der Waals surface area contributed by atoms with Crippen molar-refractivity contribution in [2.24, 2.45) is 0 Å².